The van der Waals surface area contributed by atoms with Crippen LogP contribution in [0.3, 0.4) is 0 Å². The van der Waals surface area contributed by atoms with Crippen LogP contribution in [0.25, 0.3) is 0 Å². The van der Waals surface area contributed by atoms with E-state index >= 15 is 0 Å². The zero-order valence-corrected chi connectivity index (χ0v) is 14.1. The van der Waals surface area contributed by atoms with E-state index in [0.29, 0.717) is 18.8 Å². The summed E-state index contributed by atoms with van der Waals surface area (Å²) in [4.78, 5) is 9.71. The highest BCUT2D eigenvalue weighted by Gasteiger charge is 2.36. The average Bonchev–Trinajstić information content (AvgIpc) is 2.50. The lowest BCUT2D eigenvalue weighted by atomic mass is 9.97. The Labute approximate surface area is 150 Å². The molecule has 0 aromatic carbocycles. The van der Waals surface area contributed by atoms with E-state index < -0.39 is 18.1 Å². The highest BCUT2D eigenvalue weighted by atomic mass is 19.4. The molecule has 0 radical (unpaired) electrons. The van der Waals surface area contributed by atoms with E-state index in [1.165, 1.54) is 31.3 Å². The first kappa shape index (κ1) is 19.2. The second kappa shape index (κ2) is 6.90. The monoisotopic (exact) mass is 391 g/mol. The van der Waals surface area contributed by atoms with Gasteiger partial charge in [-0.2, -0.15) is 13.2 Å². The summed E-state index contributed by atoms with van der Waals surface area (Å²) in [6, 6.07) is 4.53. The number of halogens is 6. The molecule has 1 aliphatic rings. The number of ether oxygens (including phenoxy) is 1. The van der Waals surface area contributed by atoms with Gasteiger partial charge < -0.3 is 9.64 Å². The summed E-state index contributed by atoms with van der Waals surface area (Å²) in [5, 5.41) is 0. The van der Waals surface area contributed by atoms with Crippen LogP contribution in [0.4, 0.5) is 32.2 Å². The Hall–Kier alpha value is -2.52. The van der Waals surface area contributed by atoms with Crippen LogP contribution in [-0.2, 0) is 12.6 Å². The fourth-order valence-corrected chi connectivity index (χ4v) is 2.98. The third kappa shape index (κ3) is 4.42. The van der Waals surface area contributed by atoms with Crippen molar-refractivity contribution in [1.82, 2.24) is 9.97 Å². The van der Waals surface area contributed by atoms with Crippen molar-refractivity contribution in [3.8, 4) is 5.75 Å². The summed E-state index contributed by atoms with van der Waals surface area (Å²) in [5.41, 5.74) is -0.827. The van der Waals surface area contributed by atoms with Crippen LogP contribution >= 0.6 is 0 Å². The zero-order chi connectivity index (χ0) is 19.8. The molecule has 1 saturated heterocycles. The summed E-state index contributed by atoms with van der Waals surface area (Å²) in [5.74, 6) is -0.0284. The van der Waals surface area contributed by atoms with Crippen LogP contribution in [-0.4, -0.2) is 28.9 Å². The molecule has 2 aromatic rings. The lowest BCUT2D eigenvalue weighted by Crippen LogP contribution is -2.49. The predicted molar refractivity (Wildman–Crippen MR) is 84.4 cm³/mol. The van der Waals surface area contributed by atoms with Crippen LogP contribution in [0, 0.1) is 6.92 Å². The maximum atomic E-state index is 12.9. The maximum Gasteiger partial charge on any atom is 0.573 e. The maximum absolute atomic E-state index is 12.9. The van der Waals surface area contributed by atoms with E-state index in [-0.39, 0.29) is 29.6 Å². The molecule has 0 amide bonds. The quantitative estimate of drug-likeness (QED) is 0.719. The topological polar surface area (TPSA) is 38.2 Å². The molecular weight excluding hydrogens is 376 g/mol. The van der Waals surface area contributed by atoms with Crippen LogP contribution in [0.1, 0.15) is 23.4 Å². The molecule has 10 heteroatoms. The van der Waals surface area contributed by atoms with Crippen molar-refractivity contribution in [3.63, 3.8) is 0 Å². The molecule has 0 aliphatic carbocycles. The lowest BCUT2D eigenvalue weighted by molar-refractivity contribution is -0.275. The van der Waals surface area contributed by atoms with Gasteiger partial charge in [0.15, 0.2) is 5.75 Å². The Morgan fingerprint density at radius 3 is 2.44 bits per heavy atom. The molecule has 2 aromatic heterocycles. The molecule has 0 bridgehead atoms. The van der Waals surface area contributed by atoms with Crippen molar-refractivity contribution >= 4 is 5.82 Å². The molecule has 1 atom stereocenters. The van der Waals surface area contributed by atoms with Crippen LogP contribution in [0.5, 0.6) is 5.75 Å². The van der Waals surface area contributed by atoms with Gasteiger partial charge in [-0.1, -0.05) is 0 Å². The van der Waals surface area contributed by atoms with Crippen molar-refractivity contribution in [3.05, 3.63) is 47.4 Å². The molecule has 0 spiro atoms. The third-order valence-corrected chi connectivity index (χ3v) is 4.32. The normalized spacial score (nSPS) is 17.6. The van der Waals surface area contributed by atoms with Crippen LogP contribution in [0.2, 0.25) is 0 Å². The average molecular weight is 391 g/mol. The lowest BCUT2D eigenvalue weighted by Gasteiger charge is -2.42. The predicted octanol–water partition coefficient (Wildman–Crippen LogP) is 4.52. The first-order chi connectivity index (χ1) is 12.5. The molecule has 146 valence electrons. The van der Waals surface area contributed by atoms with E-state index in [4.69, 9.17) is 0 Å². The van der Waals surface area contributed by atoms with Crippen molar-refractivity contribution < 1.29 is 31.1 Å². The van der Waals surface area contributed by atoms with Crippen molar-refractivity contribution in [2.75, 3.05) is 11.4 Å². The number of pyridine rings is 2. The van der Waals surface area contributed by atoms with E-state index in [1.54, 1.807) is 4.90 Å². The van der Waals surface area contributed by atoms with E-state index in [0.717, 1.165) is 6.07 Å². The van der Waals surface area contributed by atoms with Gasteiger partial charge in [0.05, 0.1) is 17.0 Å². The van der Waals surface area contributed by atoms with Crippen LogP contribution in [0.15, 0.2) is 30.5 Å². The first-order valence-corrected chi connectivity index (χ1v) is 8.06. The fourth-order valence-electron chi connectivity index (χ4n) is 2.98. The van der Waals surface area contributed by atoms with Crippen molar-refractivity contribution in [2.24, 2.45) is 0 Å². The molecule has 3 heterocycles. The van der Waals surface area contributed by atoms with Gasteiger partial charge in [-0.15, -0.1) is 13.2 Å². The number of hydrogen-bond donors (Lipinski definition) is 0. The van der Waals surface area contributed by atoms with Crippen molar-refractivity contribution in [2.45, 2.75) is 38.3 Å². The Morgan fingerprint density at radius 2 is 1.89 bits per heavy atom. The molecule has 0 saturated carbocycles. The van der Waals surface area contributed by atoms with Gasteiger partial charge in [0.25, 0.3) is 0 Å². The smallest absolute Gasteiger partial charge is 0.404 e. The first-order valence-electron chi connectivity index (χ1n) is 8.06. The highest BCUT2D eigenvalue weighted by Crippen LogP contribution is 2.35. The largest absolute Gasteiger partial charge is 0.573 e. The molecule has 1 aliphatic heterocycles. The van der Waals surface area contributed by atoms with Gasteiger partial charge in [-0.3, -0.25) is 4.98 Å². The minimum absolute atomic E-state index is 0.133. The number of anilines is 1. The molecule has 0 N–H and O–H groups in total. The van der Waals surface area contributed by atoms with Gasteiger partial charge >= 0.3 is 12.5 Å². The summed E-state index contributed by atoms with van der Waals surface area (Å²) in [6.07, 6.45) is -7.13. The Balaban J connectivity index is 1.77. The Morgan fingerprint density at radius 1 is 1.15 bits per heavy atom. The third-order valence-electron chi connectivity index (χ3n) is 4.32. The molecular formula is C17H15F6N3O. The minimum Gasteiger partial charge on any atom is -0.404 e. The number of aryl methyl sites for hydroxylation is 1. The van der Waals surface area contributed by atoms with Crippen LogP contribution < -0.4 is 9.64 Å². The molecule has 27 heavy (non-hydrogen) atoms. The van der Waals surface area contributed by atoms with Gasteiger partial charge in [-0.25, -0.2) is 4.98 Å². The number of hydrogen-bond acceptors (Lipinski definition) is 4. The van der Waals surface area contributed by atoms with E-state index in [1.807, 2.05) is 0 Å². The second-order valence-corrected chi connectivity index (χ2v) is 6.14. The molecule has 4 nitrogen and oxygen atoms in total. The fraction of sp³-hybridized carbons (Fsp3) is 0.412. The van der Waals surface area contributed by atoms with Gasteiger partial charge in [0, 0.05) is 25.2 Å². The summed E-state index contributed by atoms with van der Waals surface area (Å²) >= 11 is 0. The Bertz CT molecular complexity index is 821. The van der Waals surface area contributed by atoms with E-state index in [2.05, 4.69) is 14.7 Å². The molecule has 1 unspecified atom stereocenters. The SMILES string of the molecule is Cc1nc(N2CCC2Cc2ncccc2OC(F)(F)F)ccc1C(F)(F)F. The highest BCUT2D eigenvalue weighted by molar-refractivity contribution is 5.46. The molecule has 1 fully saturated rings. The number of aromatic nitrogens is 2. The standard InChI is InChI=1S/C17H15F6N3O/c1-10-12(16(18,19)20)4-5-15(25-10)26-8-6-11(26)9-13-14(3-2-7-24-13)27-17(21,22)23/h2-5,7,11H,6,8-9H2,1H3. The number of nitrogens with zero attached hydrogens (tertiary/aromatic N) is 3. The van der Waals surface area contributed by atoms with Gasteiger partial charge in [-0.05, 0) is 37.6 Å². The van der Waals surface area contributed by atoms with Crippen molar-refractivity contribution in [1.29, 1.82) is 0 Å². The van der Waals surface area contributed by atoms with Gasteiger partial charge in [0.2, 0.25) is 0 Å². The Kier molecular flexibility index (Phi) is 4.92. The summed E-state index contributed by atoms with van der Waals surface area (Å²) in [7, 11) is 0. The number of alkyl halides is 6. The number of rotatable bonds is 4. The minimum atomic E-state index is -4.83. The summed E-state index contributed by atoms with van der Waals surface area (Å²) in [6.45, 7) is 1.82. The van der Waals surface area contributed by atoms with E-state index in [9.17, 15) is 26.3 Å². The second-order valence-electron chi connectivity index (χ2n) is 6.14. The molecule has 3 rings (SSSR count). The zero-order valence-electron chi connectivity index (χ0n) is 14.1. The van der Waals surface area contributed by atoms with Gasteiger partial charge in [0.1, 0.15) is 5.82 Å². The summed E-state index contributed by atoms with van der Waals surface area (Å²) < 4.78 is 80.1.